The van der Waals surface area contributed by atoms with Gasteiger partial charge in [-0.3, -0.25) is 5.10 Å². The summed E-state index contributed by atoms with van der Waals surface area (Å²) >= 11 is 3.51. The van der Waals surface area contributed by atoms with Gasteiger partial charge in [-0.25, -0.2) is 0 Å². The Morgan fingerprint density at radius 3 is 2.68 bits per heavy atom. The molecule has 1 unspecified atom stereocenters. The number of nitriles is 1. The minimum atomic E-state index is -0.357. The highest BCUT2D eigenvalue weighted by molar-refractivity contribution is 9.10. The monoisotopic (exact) mass is 402 g/mol. The lowest BCUT2D eigenvalue weighted by Gasteiger charge is -2.27. The smallest absolute Gasteiger partial charge is 0.244 e. The van der Waals surface area contributed by atoms with Gasteiger partial charge >= 0.3 is 0 Å². The molecule has 2 aromatic rings. The molecule has 3 N–H and O–H groups in total. The fourth-order valence-corrected chi connectivity index (χ4v) is 3.57. The van der Waals surface area contributed by atoms with Crippen molar-refractivity contribution in [3.63, 3.8) is 0 Å². The number of fused-ring (bicyclic) bond motifs is 1. The van der Waals surface area contributed by atoms with Gasteiger partial charge in [-0.15, -0.1) is 5.10 Å². The molecule has 1 aromatic carbocycles. The molecule has 25 heavy (non-hydrogen) atoms. The van der Waals surface area contributed by atoms with Crippen LogP contribution in [0.3, 0.4) is 0 Å². The maximum Gasteiger partial charge on any atom is 0.244 e. The summed E-state index contributed by atoms with van der Waals surface area (Å²) in [7, 11) is 1.61. The van der Waals surface area contributed by atoms with Gasteiger partial charge in [-0.1, -0.05) is 26.8 Å². The van der Waals surface area contributed by atoms with Crippen LogP contribution in [0.25, 0.3) is 0 Å². The fourth-order valence-electron chi connectivity index (χ4n) is 3.01. The first-order chi connectivity index (χ1) is 11.8. The maximum atomic E-state index is 9.69. The molecule has 0 fully saturated rings. The molecule has 0 spiro atoms. The molecule has 0 aliphatic carbocycles. The Morgan fingerprint density at radius 2 is 2.12 bits per heavy atom. The van der Waals surface area contributed by atoms with E-state index in [4.69, 9.17) is 15.2 Å². The van der Waals surface area contributed by atoms with Gasteiger partial charge < -0.3 is 15.2 Å². The average molecular weight is 403 g/mol. The molecule has 130 valence electrons. The lowest BCUT2D eigenvalue weighted by molar-refractivity contribution is 0.378. The number of nitrogens with two attached hydrogens (primary N) is 1. The number of hydrogen-bond acceptors (Lipinski definition) is 5. The van der Waals surface area contributed by atoms with Crippen LogP contribution >= 0.6 is 15.9 Å². The minimum Gasteiger partial charge on any atom is -0.496 e. The van der Waals surface area contributed by atoms with Crippen molar-refractivity contribution in [1.82, 2.24) is 10.2 Å². The number of nitrogens with zero attached hydrogens (tertiary/aromatic N) is 2. The number of ether oxygens (including phenoxy) is 2. The van der Waals surface area contributed by atoms with Gasteiger partial charge in [0.25, 0.3) is 0 Å². The number of allylic oxidation sites excluding steroid dienone is 1. The van der Waals surface area contributed by atoms with Crippen molar-refractivity contribution in [2.75, 3.05) is 7.11 Å². The largest absolute Gasteiger partial charge is 0.496 e. The number of hydrogen-bond donors (Lipinski definition) is 2. The van der Waals surface area contributed by atoms with E-state index in [9.17, 15) is 5.26 Å². The summed E-state index contributed by atoms with van der Waals surface area (Å²) in [4.78, 5) is 0. The summed E-state index contributed by atoms with van der Waals surface area (Å²) in [6.07, 6.45) is 0. The second-order valence-electron chi connectivity index (χ2n) is 6.89. The van der Waals surface area contributed by atoms with Crippen LogP contribution < -0.4 is 15.2 Å². The Labute approximate surface area is 154 Å². The van der Waals surface area contributed by atoms with Crippen LogP contribution in [-0.4, -0.2) is 17.3 Å². The zero-order valence-electron chi connectivity index (χ0n) is 14.5. The third kappa shape index (κ3) is 2.87. The van der Waals surface area contributed by atoms with E-state index in [-0.39, 0.29) is 17.2 Å². The van der Waals surface area contributed by atoms with E-state index < -0.39 is 0 Å². The molecule has 1 atom stereocenters. The van der Waals surface area contributed by atoms with Gasteiger partial charge in [0.05, 0.1) is 23.1 Å². The van der Waals surface area contributed by atoms with Crippen LogP contribution in [0.15, 0.2) is 34.1 Å². The van der Waals surface area contributed by atoms with E-state index in [2.05, 4.69) is 53.0 Å². The van der Waals surface area contributed by atoms with E-state index >= 15 is 0 Å². The van der Waals surface area contributed by atoms with Crippen LogP contribution in [0.2, 0.25) is 0 Å². The third-order valence-corrected chi connectivity index (χ3v) is 4.82. The first-order valence-electron chi connectivity index (χ1n) is 7.77. The Morgan fingerprint density at radius 1 is 1.40 bits per heavy atom. The van der Waals surface area contributed by atoms with Crippen molar-refractivity contribution in [2.24, 2.45) is 5.73 Å². The van der Waals surface area contributed by atoms with Crippen molar-refractivity contribution >= 4 is 15.9 Å². The SMILES string of the molecule is COc1ccc(C2C(C#N)=C(N)Oc3n[nH]c(C(C)(C)C)c32)cc1Br. The second-order valence-corrected chi connectivity index (χ2v) is 7.74. The number of aromatic amines is 1. The van der Waals surface area contributed by atoms with Gasteiger partial charge in [-0.2, -0.15) is 5.26 Å². The highest BCUT2D eigenvalue weighted by Gasteiger charge is 2.38. The van der Waals surface area contributed by atoms with Crippen LogP contribution in [0.1, 0.15) is 43.5 Å². The highest BCUT2D eigenvalue weighted by atomic mass is 79.9. The standard InChI is InChI=1S/C18H19BrN4O2/c1-18(2,3)15-14-13(9-5-6-12(24-4)11(19)7-9)10(8-20)16(21)25-17(14)23-22-15/h5-7,13H,21H2,1-4H3,(H,22,23). The Balaban J connectivity index is 2.26. The molecular formula is C18H19BrN4O2. The predicted molar refractivity (Wildman–Crippen MR) is 97.3 cm³/mol. The summed E-state index contributed by atoms with van der Waals surface area (Å²) in [6.45, 7) is 6.24. The first-order valence-corrected chi connectivity index (χ1v) is 8.57. The van der Waals surface area contributed by atoms with Gasteiger partial charge in [0.15, 0.2) is 0 Å². The second kappa shape index (κ2) is 6.12. The minimum absolute atomic E-state index is 0.0823. The Kier molecular flexibility index (Phi) is 4.25. The lowest BCUT2D eigenvalue weighted by atomic mass is 9.79. The Bertz CT molecular complexity index is 903. The van der Waals surface area contributed by atoms with Crippen molar-refractivity contribution in [3.05, 3.63) is 50.9 Å². The van der Waals surface area contributed by atoms with Gasteiger partial charge in [0, 0.05) is 11.1 Å². The molecule has 0 amide bonds. The zero-order chi connectivity index (χ0) is 18.4. The third-order valence-electron chi connectivity index (χ3n) is 4.20. The number of halogens is 1. The molecule has 0 radical (unpaired) electrons. The number of aromatic nitrogens is 2. The molecule has 1 aliphatic rings. The number of benzene rings is 1. The Hall–Kier alpha value is -2.46. The molecule has 6 nitrogen and oxygen atoms in total. The number of nitrogens with one attached hydrogen (secondary N) is 1. The highest BCUT2D eigenvalue weighted by Crippen LogP contribution is 2.46. The molecule has 1 aliphatic heterocycles. The molecule has 0 saturated carbocycles. The van der Waals surface area contributed by atoms with Crippen LogP contribution in [0, 0.1) is 11.3 Å². The lowest BCUT2D eigenvalue weighted by Crippen LogP contribution is -2.23. The van der Waals surface area contributed by atoms with E-state index in [1.54, 1.807) is 7.11 Å². The number of methoxy groups -OCH3 is 1. The molecule has 7 heteroatoms. The van der Waals surface area contributed by atoms with Gasteiger partial charge in [0.2, 0.25) is 11.8 Å². The van der Waals surface area contributed by atoms with Crippen molar-refractivity contribution < 1.29 is 9.47 Å². The molecule has 3 rings (SSSR count). The van der Waals surface area contributed by atoms with Crippen LogP contribution in [0.4, 0.5) is 0 Å². The molecule has 0 bridgehead atoms. The molecule has 1 aromatic heterocycles. The zero-order valence-corrected chi connectivity index (χ0v) is 16.1. The number of H-pyrrole nitrogens is 1. The van der Waals surface area contributed by atoms with E-state index in [1.807, 2.05) is 18.2 Å². The van der Waals surface area contributed by atoms with E-state index in [0.29, 0.717) is 11.5 Å². The predicted octanol–water partition coefficient (Wildman–Crippen LogP) is 3.70. The summed E-state index contributed by atoms with van der Waals surface area (Å²) in [6, 6.07) is 7.92. The van der Waals surface area contributed by atoms with Crippen molar-refractivity contribution in [1.29, 1.82) is 5.26 Å². The summed E-state index contributed by atoms with van der Waals surface area (Å²) in [5.74, 6) is 0.857. The fraction of sp³-hybridized carbons (Fsp3) is 0.333. The first kappa shape index (κ1) is 17.4. The van der Waals surface area contributed by atoms with Crippen molar-refractivity contribution in [3.8, 4) is 17.7 Å². The average Bonchev–Trinajstić information content (AvgIpc) is 2.96. The molecule has 2 heterocycles. The van der Waals surface area contributed by atoms with Crippen molar-refractivity contribution in [2.45, 2.75) is 32.1 Å². The quantitative estimate of drug-likeness (QED) is 0.797. The van der Waals surface area contributed by atoms with Gasteiger partial charge in [-0.05, 0) is 33.6 Å². The molecule has 0 saturated heterocycles. The van der Waals surface area contributed by atoms with E-state index in [0.717, 1.165) is 27.0 Å². The normalized spacial score (nSPS) is 16.9. The van der Waals surface area contributed by atoms with Crippen LogP contribution in [-0.2, 0) is 5.41 Å². The van der Waals surface area contributed by atoms with Gasteiger partial charge in [0.1, 0.15) is 17.4 Å². The number of rotatable bonds is 2. The molecular weight excluding hydrogens is 384 g/mol. The summed E-state index contributed by atoms with van der Waals surface area (Å²) in [5.41, 5.74) is 8.83. The summed E-state index contributed by atoms with van der Waals surface area (Å²) < 4.78 is 11.7. The summed E-state index contributed by atoms with van der Waals surface area (Å²) in [5, 5.41) is 17.0. The topological polar surface area (TPSA) is 96.9 Å². The maximum absolute atomic E-state index is 9.69. The van der Waals surface area contributed by atoms with E-state index in [1.165, 1.54) is 0 Å². The van der Waals surface area contributed by atoms with Crippen LogP contribution in [0.5, 0.6) is 11.6 Å².